The summed E-state index contributed by atoms with van der Waals surface area (Å²) in [6.45, 7) is 6.57. The van der Waals surface area contributed by atoms with E-state index in [0.29, 0.717) is 17.8 Å². The maximum absolute atomic E-state index is 13.0. The van der Waals surface area contributed by atoms with Crippen molar-refractivity contribution in [3.05, 3.63) is 52.2 Å². The maximum Gasteiger partial charge on any atom is 0.264 e. The quantitative estimate of drug-likeness (QED) is 0.781. The fourth-order valence-electron chi connectivity index (χ4n) is 3.49. The molecule has 1 saturated heterocycles. The molecule has 2 aromatic rings. The number of amides is 2. The molecule has 1 aliphatic rings. The van der Waals surface area contributed by atoms with E-state index in [1.807, 2.05) is 62.5 Å². The SMILES string of the molecule is CC(C)Oc1ccc(C(C)NC(=O)C2CCCCN2C(=O)c2cccs2)cc1. The number of likely N-dealkylation sites (tertiary alicyclic amines) is 1. The van der Waals surface area contributed by atoms with E-state index in [-0.39, 0.29) is 24.0 Å². The van der Waals surface area contributed by atoms with Crippen molar-refractivity contribution in [1.82, 2.24) is 10.2 Å². The minimum atomic E-state index is -0.408. The fraction of sp³-hybridized carbons (Fsp3) is 0.455. The largest absolute Gasteiger partial charge is 0.491 e. The average molecular weight is 401 g/mol. The Hall–Kier alpha value is -2.34. The van der Waals surface area contributed by atoms with Gasteiger partial charge in [-0.2, -0.15) is 0 Å². The Morgan fingerprint density at radius 2 is 1.89 bits per heavy atom. The number of hydrogen-bond acceptors (Lipinski definition) is 4. The van der Waals surface area contributed by atoms with E-state index in [4.69, 9.17) is 4.74 Å². The smallest absolute Gasteiger partial charge is 0.264 e. The first kappa shape index (κ1) is 20.4. The number of ether oxygens (including phenoxy) is 1. The Morgan fingerprint density at radius 3 is 2.54 bits per heavy atom. The molecular formula is C22H28N2O3S. The van der Waals surface area contributed by atoms with Crippen LogP contribution in [-0.4, -0.2) is 35.4 Å². The van der Waals surface area contributed by atoms with Crippen LogP contribution in [0.3, 0.4) is 0 Å². The number of piperidine rings is 1. The van der Waals surface area contributed by atoms with Crippen LogP contribution in [0.25, 0.3) is 0 Å². The standard InChI is InChI=1S/C22H28N2O3S/c1-15(2)27-18-11-9-17(10-12-18)16(3)23-21(25)19-7-4-5-13-24(19)22(26)20-8-6-14-28-20/h6,8-12,14-16,19H,4-5,7,13H2,1-3H3,(H,23,25). The van der Waals surface area contributed by atoms with Crippen LogP contribution in [0, 0.1) is 0 Å². The molecule has 0 spiro atoms. The predicted molar refractivity (Wildman–Crippen MR) is 112 cm³/mol. The summed E-state index contributed by atoms with van der Waals surface area (Å²) in [4.78, 5) is 28.2. The van der Waals surface area contributed by atoms with Gasteiger partial charge < -0.3 is 15.0 Å². The Bertz CT molecular complexity index is 787. The molecule has 1 aromatic carbocycles. The van der Waals surface area contributed by atoms with Crippen LogP contribution < -0.4 is 10.1 Å². The third-order valence-electron chi connectivity index (χ3n) is 4.91. The highest BCUT2D eigenvalue weighted by molar-refractivity contribution is 7.12. The Labute approximate surface area is 170 Å². The number of carbonyl (C=O) groups excluding carboxylic acids is 2. The second-order valence-electron chi connectivity index (χ2n) is 7.45. The van der Waals surface area contributed by atoms with Crippen molar-refractivity contribution in [3.8, 4) is 5.75 Å². The van der Waals surface area contributed by atoms with Crippen LogP contribution in [0.1, 0.15) is 61.3 Å². The zero-order chi connectivity index (χ0) is 20.1. The lowest BCUT2D eigenvalue weighted by atomic mass is 10.00. The van der Waals surface area contributed by atoms with Gasteiger partial charge in [0.2, 0.25) is 5.91 Å². The highest BCUT2D eigenvalue weighted by atomic mass is 32.1. The summed E-state index contributed by atoms with van der Waals surface area (Å²) in [5.74, 6) is 0.689. The molecular weight excluding hydrogens is 372 g/mol. The lowest BCUT2D eigenvalue weighted by molar-refractivity contribution is -0.127. The topological polar surface area (TPSA) is 58.6 Å². The third kappa shape index (κ3) is 4.93. The summed E-state index contributed by atoms with van der Waals surface area (Å²) in [6, 6.07) is 10.9. The molecule has 150 valence electrons. The number of nitrogens with zero attached hydrogens (tertiary/aromatic N) is 1. The number of carbonyl (C=O) groups is 2. The van der Waals surface area contributed by atoms with Crippen molar-refractivity contribution in [1.29, 1.82) is 0 Å². The van der Waals surface area contributed by atoms with Crippen molar-refractivity contribution in [2.24, 2.45) is 0 Å². The van der Waals surface area contributed by atoms with Crippen LogP contribution in [-0.2, 0) is 4.79 Å². The molecule has 1 aliphatic heterocycles. The molecule has 0 radical (unpaired) electrons. The van der Waals surface area contributed by atoms with Gasteiger partial charge in [-0.15, -0.1) is 11.3 Å². The van der Waals surface area contributed by atoms with Gasteiger partial charge in [0.1, 0.15) is 11.8 Å². The van der Waals surface area contributed by atoms with Crippen LogP contribution in [0.2, 0.25) is 0 Å². The molecule has 5 nitrogen and oxygen atoms in total. The van der Waals surface area contributed by atoms with E-state index in [2.05, 4.69) is 5.32 Å². The Morgan fingerprint density at radius 1 is 1.14 bits per heavy atom. The van der Waals surface area contributed by atoms with E-state index in [9.17, 15) is 9.59 Å². The van der Waals surface area contributed by atoms with E-state index in [0.717, 1.165) is 24.2 Å². The molecule has 1 fully saturated rings. The van der Waals surface area contributed by atoms with Crippen LogP contribution in [0.15, 0.2) is 41.8 Å². The highest BCUT2D eigenvalue weighted by Gasteiger charge is 2.33. The first-order valence-corrected chi connectivity index (χ1v) is 10.7. The lowest BCUT2D eigenvalue weighted by Gasteiger charge is -2.35. The summed E-state index contributed by atoms with van der Waals surface area (Å²) < 4.78 is 5.67. The van der Waals surface area contributed by atoms with E-state index < -0.39 is 6.04 Å². The van der Waals surface area contributed by atoms with Gasteiger partial charge in [-0.1, -0.05) is 18.2 Å². The molecule has 1 aromatic heterocycles. The normalized spacial score (nSPS) is 18.0. The molecule has 0 saturated carbocycles. The first-order chi connectivity index (χ1) is 13.5. The van der Waals surface area contributed by atoms with Crippen LogP contribution in [0.5, 0.6) is 5.75 Å². The van der Waals surface area contributed by atoms with Gasteiger partial charge >= 0.3 is 0 Å². The summed E-state index contributed by atoms with van der Waals surface area (Å²) in [5.41, 5.74) is 1.01. The molecule has 1 N–H and O–H groups in total. The number of thiophene rings is 1. The monoisotopic (exact) mass is 400 g/mol. The average Bonchev–Trinajstić information content (AvgIpc) is 3.22. The first-order valence-electron chi connectivity index (χ1n) is 9.87. The van der Waals surface area contributed by atoms with E-state index in [1.54, 1.807) is 4.90 Å². The Balaban J connectivity index is 1.65. The Kier molecular flexibility index (Phi) is 6.73. The fourth-order valence-corrected chi connectivity index (χ4v) is 4.17. The van der Waals surface area contributed by atoms with Gasteiger partial charge in [-0.05, 0) is 69.2 Å². The van der Waals surface area contributed by atoms with Crippen molar-refractivity contribution in [2.75, 3.05) is 6.54 Å². The molecule has 0 aliphatic carbocycles. The molecule has 6 heteroatoms. The zero-order valence-corrected chi connectivity index (χ0v) is 17.5. The number of hydrogen-bond donors (Lipinski definition) is 1. The van der Waals surface area contributed by atoms with E-state index >= 15 is 0 Å². The summed E-state index contributed by atoms with van der Waals surface area (Å²) >= 11 is 1.42. The van der Waals surface area contributed by atoms with Crippen LogP contribution in [0.4, 0.5) is 0 Å². The van der Waals surface area contributed by atoms with E-state index in [1.165, 1.54) is 11.3 Å². The zero-order valence-electron chi connectivity index (χ0n) is 16.7. The molecule has 2 atom stereocenters. The molecule has 2 heterocycles. The highest BCUT2D eigenvalue weighted by Crippen LogP contribution is 2.24. The minimum absolute atomic E-state index is 0.0438. The molecule has 0 bridgehead atoms. The van der Waals surface area contributed by atoms with Gasteiger partial charge in [0.05, 0.1) is 17.0 Å². The van der Waals surface area contributed by atoms with Gasteiger partial charge in [0.25, 0.3) is 5.91 Å². The number of rotatable bonds is 6. The summed E-state index contributed by atoms with van der Waals surface area (Å²) in [5, 5.41) is 4.98. The molecule has 28 heavy (non-hydrogen) atoms. The lowest BCUT2D eigenvalue weighted by Crippen LogP contribution is -2.52. The second-order valence-corrected chi connectivity index (χ2v) is 8.40. The number of benzene rings is 1. The van der Waals surface area contributed by atoms with Crippen molar-refractivity contribution < 1.29 is 14.3 Å². The molecule has 3 rings (SSSR count). The number of nitrogens with one attached hydrogen (secondary N) is 1. The van der Waals surface area contributed by atoms with Crippen LogP contribution >= 0.6 is 11.3 Å². The van der Waals surface area contributed by atoms with Gasteiger partial charge in [-0.25, -0.2) is 0 Å². The van der Waals surface area contributed by atoms with Gasteiger partial charge in [0, 0.05) is 6.54 Å². The van der Waals surface area contributed by atoms with Crippen molar-refractivity contribution >= 4 is 23.2 Å². The maximum atomic E-state index is 13.0. The second kappa shape index (κ2) is 9.24. The minimum Gasteiger partial charge on any atom is -0.491 e. The molecule has 2 unspecified atom stereocenters. The van der Waals surface area contributed by atoms with Gasteiger partial charge in [-0.3, -0.25) is 9.59 Å². The summed E-state index contributed by atoms with van der Waals surface area (Å²) in [7, 11) is 0. The van der Waals surface area contributed by atoms with Crippen molar-refractivity contribution in [2.45, 2.75) is 58.2 Å². The van der Waals surface area contributed by atoms with Crippen molar-refractivity contribution in [3.63, 3.8) is 0 Å². The third-order valence-corrected chi connectivity index (χ3v) is 5.77. The molecule has 2 amide bonds. The van der Waals surface area contributed by atoms with Gasteiger partial charge in [0.15, 0.2) is 0 Å². The predicted octanol–water partition coefficient (Wildman–Crippen LogP) is 4.41. The summed E-state index contributed by atoms with van der Waals surface area (Å²) in [6.07, 6.45) is 2.73.